The molecule has 0 fully saturated rings. The van der Waals surface area contributed by atoms with Gasteiger partial charge in [-0.2, -0.15) is 5.10 Å². The van der Waals surface area contributed by atoms with Gasteiger partial charge >= 0.3 is 0 Å². The molecule has 2 heterocycles. The van der Waals surface area contributed by atoms with Gasteiger partial charge in [-0.05, 0) is 50.3 Å². The molecular weight excluding hydrogens is 236 g/mol. The van der Waals surface area contributed by atoms with Crippen LogP contribution >= 0.6 is 0 Å². The Morgan fingerprint density at radius 3 is 3.11 bits per heavy atom. The van der Waals surface area contributed by atoms with Gasteiger partial charge in [-0.1, -0.05) is 0 Å². The normalized spacial score (nSPS) is 18.3. The minimum Gasteiger partial charge on any atom is -0.330 e. The van der Waals surface area contributed by atoms with Crippen LogP contribution in [0.4, 0.5) is 0 Å². The van der Waals surface area contributed by atoms with Gasteiger partial charge in [0.15, 0.2) is 0 Å². The summed E-state index contributed by atoms with van der Waals surface area (Å²) in [6.07, 6.45) is 8.34. The molecule has 0 aromatic carbocycles. The summed E-state index contributed by atoms with van der Waals surface area (Å²) >= 11 is 0. The van der Waals surface area contributed by atoms with E-state index < -0.39 is 0 Å². The Morgan fingerprint density at radius 2 is 2.37 bits per heavy atom. The summed E-state index contributed by atoms with van der Waals surface area (Å²) in [5, 5.41) is 4.73. The molecule has 1 aliphatic carbocycles. The Morgan fingerprint density at radius 1 is 1.47 bits per heavy atom. The Balaban J connectivity index is 2.11. The molecule has 3 rings (SSSR count). The molecule has 4 nitrogen and oxygen atoms in total. The topological polar surface area (TPSA) is 56.7 Å². The van der Waals surface area contributed by atoms with Crippen molar-refractivity contribution in [3.8, 4) is 11.3 Å². The number of hydrogen-bond acceptors (Lipinski definition) is 3. The van der Waals surface area contributed by atoms with Crippen molar-refractivity contribution in [2.75, 3.05) is 6.54 Å². The number of fused-ring (bicyclic) bond motifs is 1. The van der Waals surface area contributed by atoms with E-state index in [-0.39, 0.29) is 0 Å². The second kappa shape index (κ2) is 5.13. The van der Waals surface area contributed by atoms with E-state index in [0.717, 1.165) is 30.6 Å². The van der Waals surface area contributed by atoms with Crippen molar-refractivity contribution >= 4 is 0 Å². The van der Waals surface area contributed by atoms with E-state index in [9.17, 15) is 0 Å². The number of pyridine rings is 1. The first kappa shape index (κ1) is 12.4. The Kier molecular flexibility index (Phi) is 3.34. The Bertz CT molecular complexity index is 559. The highest BCUT2D eigenvalue weighted by Gasteiger charge is 2.27. The number of hydrogen-bond donors (Lipinski definition) is 1. The molecule has 4 heteroatoms. The van der Waals surface area contributed by atoms with E-state index in [4.69, 9.17) is 10.8 Å². The number of aryl methyl sites for hydroxylation is 1. The summed E-state index contributed by atoms with van der Waals surface area (Å²) in [5.74, 6) is 0.553. The van der Waals surface area contributed by atoms with Crippen molar-refractivity contribution in [2.45, 2.75) is 31.6 Å². The van der Waals surface area contributed by atoms with Crippen molar-refractivity contribution < 1.29 is 0 Å². The lowest BCUT2D eigenvalue weighted by atomic mass is 9.82. The molecular formula is C15H20N4. The standard InChI is InChI=1S/C15H20N4/c1-19-13-6-2-4-11(7-8-16)14(13)15(18-19)12-5-3-9-17-10-12/h3,5,9-11H,2,4,6-8,16H2,1H3. The van der Waals surface area contributed by atoms with Crippen LogP contribution in [0.1, 0.15) is 36.4 Å². The maximum absolute atomic E-state index is 5.77. The van der Waals surface area contributed by atoms with Crippen LogP contribution in [0.25, 0.3) is 11.3 Å². The quantitative estimate of drug-likeness (QED) is 0.916. The molecule has 100 valence electrons. The van der Waals surface area contributed by atoms with E-state index in [1.54, 1.807) is 6.20 Å². The Hall–Kier alpha value is -1.68. The second-order valence-corrected chi connectivity index (χ2v) is 5.24. The molecule has 19 heavy (non-hydrogen) atoms. The monoisotopic (exact) mass is 256 g/mol. The number of nitrogens with two attached hydrogens (primary N) is 1. The van der Waals surface area contributed by atoms with Gasteiger partial charge in [-0.25, -0.2) is 0 Å². The molecule has 2 N–H and O–H groups in total. The molecule has 1 atom stereocenters. The second-order valence-electron chi connectivity index (χ2n) is 5.24. The fraction of sp³-hybridized carbons (Fsp3) is 0.467. The Labute approximate surface area is 113 Å². The third-order valence-corrected chi connectivity index (χ3v) is 4.03. The lowest BCUT2D eigenvalue weighted by Crippen LogP contribution is -2.15. The molecule has 2 aromatic rings. The van der Waals surface area contributed by atoms with Crippen LogP contribution in [0.2, 0.25) is 0 Å². The van der Waals surface area contributed by atoms with E-state index >= 15 is 0 Å². The van der Waals surface area contributed by atoms with Gasteiger partial charge in [0.05, 0.1) is 5.69 Å². The van der Waals surface area contributed by atoms with Crippen LogP contribution in [-0.2, 0) is 13.5 Å². The number of rotatable bonds is 3. The molecule has 0 saturated carbocycles. The third kappa shape index (κ3) is 2.16. The van der Waals surface area contributed by atoms with Gasteiger partial charge in [0.25, 0.3) is 0 Å². The van der Waals surface area contributed by atoms with Gasteiger partial charge in [-0.15, -0.1) is 0 Å². The van der Waals surface area contributed by atoms with Crippen LogP contribution in [-0.4, -0.2) is 21.3 Å². The first-order valence-corrected chi connectivity index (χ1v) is 6.97. The van der Waals surface area contributed by atoms with E-state index in [1.807, 2.05) is 24.0 Å². The van der Waals surface area contributed by atoms with Crippen LogP contribution in [0, 0.1) is 0 Å². The van der Waals surface area contributed by atoms with E-state index in [2.05, 4.69) is 11.1 Å². The van der Waals surface area contributed by atoms with E-state index in [1.165, 1.54) is 24.1 Å². The molecule has 1 unspecified atom stereocenters. The first-order valence-electron chi connectivity index (χ1n) is 6.97. The van der Waals surface area contributed by atoms with Crippen LogP contribution in [0.5, 0.6) is 0 Å². The van der Waals surface area contributed by atoms with Crippen LogP contribution < -0.4 is 5.73 Å². The maximum Gasteiger partial charge on any atom is 0.0976 e. The highest BCUT2D eigenvalue weighted by molar-refractivity contribution is 5.64. The fourth-order valence-electron chi connectivity index (χ4n) is 3.17. The summed E-state index contributed by atoms with van der Waals surface area (Å²) in [6, 6.07) is 4.06. The minimum absolute atomic E-state index is 0.553. The number of aromatic nitrogens is 3. The van der Waals surface area contributed by atoms with Crippen molar-refractivity contribution in [3.63, 3.8) is 0 Å². The van der Waals surface area contributed by atoms with Crippen molar-refractivity contribution in [2.24, 2.45) is 12.8 Å². The van der Waals surface area contributed by atoms with Gasteiger partial charge in [0.1, 0.15) is 0 Å². The average Bonchev–Trinajstić information content (AvgIpc) is 2.79. The third-order valence-electron chi connectivity index (χ3n) is 4.03. The molecule has 0 amide bonds. The zero-order valence-corrected chi connectivity index (χ0v) is 11.3. The van der Waals surface area contributed by atoms with Crippen molar-refractivity contribution in [3.05, 3.63) is 35.8 Å². The van der Waals surface area contributed by atoms with Gasteiger partial charge in [-0.3, -0.25) is 9.67 Å². The van der Waals surface area contributed by atoms with Gasteiger partial charge < -0.3 is 5.73 Å². The van der Waals surface area contributed by atoms with Crippen molar-refractivity contribution in [1.82, 2.24) is 14.8 Å². The zero-order valence-electron chi connectivity index (χ0n) is 11.3. The largest absolute Gasteiger partial charge is 0.330 e. The summed E-state index contributed by atoms with van der Waals surface area (Å²) < 4.78 is 2.04. The first-order chi connectivity index (χ1) is 9.31. The molecule has 0 saturated heterocycles. The van der Waals surface area contributed by atoms with Crippen molar-refractivity contribution in [1.29, 1.82) is 0 Å². The average molecular weight is 256 g/mol. The predicted molar refractivity (Wildman–Crippen MR) is 75.8 cm³/mol. The maximum atomic E-state index is 5.77. The summed E-state index contributed by atoms with van der Waals surface area (Å²) in [7, 11) is 2.05. The minimum atomic E-state index is 0.553. The SMILES string of the molecule is Cn1nc(-c2cccnc2)c2c1CCCC2CCN. The molecule has 2 aromatic heterocycles. The molecule has 0 spiro atoms. The fourth-order valence-corrected chi connectivity index (χ4v) is 3.17. The lowest BCUT2D eigenvalue weighted by molar-refractivity contribution is 0.512. The van der Waals surface area contributed by atoms with Gasteiger partial charge in [0.2, 0.25) is 0 Å². The smallest absolute Gasteiger partial charge is 0.0976 e. The zero-order chi connectivity index (χ0) is 13.2. The van der Waals surface area contributed by atoms with Crippen LogP contribution in [0.15, 0.2) is 24.5 Å². The summed E-state index contributed by atoms with van der Waals surface area (Å²) in [5.41, 5.74) is 10.8. The highest BCUT2D eigenvalue weighted by atomic mass is 15.3. The molecule has 0 aliphatic heterocycles. The molecule has 1 aliphatic rings. The summed E-state index contributed by atoms with van der Waals surface area (Å²) in [6.45, 7) is 0.742. The highest BCUT2D eigenvalue weighted by Crippen LogP contribution is 2.39. The van der Waals surface area contributed by atoms with E-state index in [0.29, 0.717) is 5.92 Å². The number of nitrogens with zero attached hydrogens (tertiary/aromatic N) is 3. The lowest BCUT2D eigenvalue weighted by Gasteiger charge is -2.23. The summed E-state index contributed by atoms with van der Waals surface area (Å²) in [4.78, 5) is 4.22. The molecule has 0 bridgehead atoms. The molecule has 0 radical (unpaired) electrons. The van der Waals surface area contributed by atoms with Gasteiger partial charge in [0, 0.05) is 36.3 Å². The van der Waals surface area contributed by atoms with Crippen LogP contribution in [0.3, 0.4) is 0 Å². The predicted octanol–water partition coefficient (Wildman–Crippen LogP) is 2.25.